The van der Waals surface area contributed by atoms with Gasteiger partial charge < -0.3 is 19.0 Å². The minimum atomic E-state index is -2.12. The second-order valence-corrected chi connectivity index (χ2v) is 17.5. The number of hydrogen-bond acceptors (Lipinski definition) is 5. The zero-order valence-electron chi connectivity index (χ0n) is 22.7. The van der Waals surface area contributed by atoms with Crippen molar-refractivity contribution in [2.45, 2.75) is 134 Å². The molecule has 7 heteroatoms. The van der Waals surface area contributed by atoms with E-state index in [1.807, 2.05) is 26.8 Å². The third-order valence-corrected chi connectivity index (χ3v) is 14.0. The Morgan fingerprint density at radius 3 is 2.15 bits per heavy atom. The fourth-order valence-corrected chi connectivity index (χ4v) is 12.3. The molecule has 0 aromatic rings. The molecular formula is C26H49NO5Si. The monoisotopic (exact) mass is 483 g/mol. The molecule has 1 saturated heterocycles. The summed E-state index contributed by atoms with van der Waals surface area (Å²) in [5.41, 5.74) is 0.273. The van der Waals surface area contributed by atoms with Crippen LogP contribution in [0.3, 0.4) is 0 Å². The number of likely N-dealkylation sites (tertiary alicyclic amines) is 1. The molecule has 1 N–H and O–H groups in total. The Balaban J connectivity index is 2.46. The van der Waals surface area contributed by atoms with Gasteiger partial charge in [0.25, 0.3) is 0 Å². The molecule has 1 aliphatic carbocycles. The van der Waals surface area contributed by atoms with E-state index in [4.69, 9.17) is 13.9 Å². The number of aliphatic hydroxyl groups excluding tert-OH is 1. The van der Waals surface area contributed by atoms with Crippen LogP contribution >= 0.6 is 0 Å². The van der Waals surface area contributed by atoms with E-state index in [0.717, 1.165) is 12.8 Å². The molecule has 0 spiro atoms. The zero-order chi connectivity index (χ0) is 25.4. The third-order valence-electron chi connectivity index (χ3n) is 7.90. The summed E-state index contributed by atoms with van der Waals surface area (Å²) in [6.07, 6.45) is 2.61. The van der Waals surface area contributed by atoms with Crippen molar-refractivity contribution < 1.29 is 23.8 Å². The molecule has 1 saturated carbocycles. The summed E-state index contributed by atoms with van der Waals surface area (Å²) in [4.78, 5) is 15.0. The van der Waals surface area contributed by atoms with Crippen LogP contribution in [0.5, 0.6) is 0 Å². The Bertz CT molecular complexity index is 667. The number of amides is 1. The number of methoxy groups -OCH3 is 1. The number of rotatable bonds is 8. The van der Waals surface area contributed by atoms with Crippen LogP contribution in [0, 0.1) is 5.92 Å². The van der Waals surface area contributed by atoms with Crippen molar-refractivity contribution in [3.8, 4) is 0 Å². The van der Waals surface area contributed by atoms with E-state index in [9.17, 15) is 9.90 Å². The fraction of sp³-hybridized carbons (Fsp3) is 0.885. The largest absolute Gasteiger partial charge is 0.444 e. The first-order chi connectivity index (χ1) is 15.2. The van der Waals surface area contributed by atoms with Crippen molar-refractivity contribution >= 4 is 14.4 Å². The van der Waals surface area contributed by atoms with Crippen molar-refractivity contribution in [3.63, 3.8) is 0 Å². The highest BCUT2D eigenvalue weighted by molar-refractivity contribution is 6.77. The van der Waals surface area contributed by atoms with Crippen molar-refractivity contribution in [3.05, 3.63) is 12.7 Å². The maximum absolute atomic E-state index is 13.3. The van der Waals surface area contributed by atoms with Crippen LogP contribution in [0.15, 0.2) is 12.7 Å². The van der Waals surface area contributed by atoms with E-state index in [0.29, 0.717) is 29.5 Å². The highest BCUT2D eigenvalue weighted by atomic mass is 28.4. The SMILES string of the molecule is C=CC[C@]12CC[C@@H](O[Si](C(C)C)(C(C)C)C(C)C)[C@@H](C1)[C@H](O)C(OC)N2C(=O)OC(C)(C)C. The maximum atomic E-state index is 13.3. The number of nitrogens with zero attached hydrogens (tertiary/aromatic N) is 1. The predicted molar refractivity (Wildman–Crippen MR) is 136 cm³/mol. The molecule has 33 heavy (non-hydrogen) atoms. The predicted octanol–water partition coefficient (Wildman–Crippen LogP) is 6.25. The first-order valence-corrected chi connectivity index (χ1v) is 14.8. The molecule has 1 unspecified atom stereocenters. The van der Waals surface area contributed by atoms with E-state index in [1.165, 1.54) is 0 Å². The van der Waals surface area contributed by atoms with Crippen molar-refractivity contribution in [1.29, 1.82) is 0 Å². The molecular weight excluding hydrogens is 434 g/mol. The summed E-state index contributed by atoms with van der Waals surface area (Å²) in [5.74, 6) is -0.106. The van der Waals surface area contributed by atoms with Gasteiger partial charge in [0.05, 0.1) is 11.6 Å². The van der Waals surface area contributed by atoms with Crippen molar-refractivity contribution in [2.24, 2.45) is 5.92 Å². The van der Waals surface area contributed by atoms with Crippen LogP contribution in [-0.4, -0.2) is 61.1 Å². The molecule has 2 rings (SSSR count). The Kier molecular flexibility index (Phi) is 8.92. The molecule has 2 aliphatic rings. The van der Waals surface area contributed by atoms with Crippen LogP contribution < -0.4 is 0 Å². The smallest absolute Gasteiger partial charge is 0.412 e. The highest BCUT2D eigenvalue weighted by Gasteiger charge is 2.60. The zero-order valence-corrected chi connectivity index (χ0v) is 23.7. The average Bonchev–Trinajstić information content (AvgIpc) is 2.67. The lowest BCUT2D eigenvalue weighted by Crippen LogP contribution is -2.71. The van der Waals surface area contributed by atoms with Gasteiger partial charge in [-0.05, 0) is 63.1 Å². The standard InChI is InChI=1S/C26H49NO5Si/c1-12-14-26-15-13-21(32-33(17(2)3,18(4)5)19(6)7)20(16-26)22(28)23(30-11)27(26)24(29)31-25(8,9)10/h12,17-23,28H,1,13-16H2,2-11H3/t20-,21-,22+,23?,26+/m1/s1. The van der Waals surface area contributed by atoms with Gasteiger partial charge in [0.15, 0.2) is 6.23 Å². The van der Waals surface area contributed by atoms with Gasteiger partial charge in [0, 0.05) is 13.0 Å². The van der Waals surface area contributed by atoms with E-state index < -0.39 is 37.9 Å². The van der Waals surface area contributed by atoms with Gasteiger partial charge in [0.1, 0.15) is 11.7 Å². The second-order valence-electron chi connectivity index (χ2n) is 12.1. The molecule has 1 heterocycles. The molecule has 2 fully saturated rings. The Morgan fingerprint density at radius 1 is 1.18 bits per heavy atom. The van der Waals surface area contributed by atoms with Gasteiger partial charge >= 0.3 is 6.09 Å². The Hall–Kier alpha value is -0.893. The quantitative estimate of drug-likeness (QED) is 0.327. The third kappa shape index (κ3) is 5.36. The number of fused-ring (bicyclic) bond motifs is 2. The van der Waals surface area contributed by atoms with E-state index in [2.05, 4.69) is 48.1 Å². The molecule has 6 nitrogen and oxygen atoms in total. The van der Waals surface area contributed by atoms with E-state index in [-0.39, 0.29) is 12.0 Å². The summed E-state index contributed by atoms with van der Waals surface area (Å²) in [5, 5.41) is 11.5. The minimum absolute atomic E-state index is 0.0461. The van der Waals surface area contributed by atoms with Gasteiger partial charge in [-0.2, -0.15) is 0 Å². The normalized spacial score (nSPS) is 30.8. The lowest BCUT2D eigenvalue weighted by molar-refractivity contribution is -0.218. The lowest BCUT2D eigenvalue weighted by atomic mass is 9.66. The van der Waals surface area contributed by atoms with Crippen LogP contribution in [0.25, 0.3) is 0 Å². The number of hydrogen-bond donors (Lipinski definition) is 1. The van der Waals surface area contributed by atoms with Crippen molar-refractivity contribution in [2.75, 3.05) is 7.11 Å². The van der Waals surface area contributed by atoms with Gasteiger partial charge in [-0.15, -0.1) is 6.58 Å². The van der Waals surface area contributed by atoms with Crippen LogP contribution in [-0.2, 0) is 13.9 Å². The number of ether oxygens (including phenoxy) is 2. The number of carbonyl (C=O) groups is 1. The van der Waals surface area contributed by atoms with Crippen molar-refractivity contribution in [1.82, 2.24) is 4.90 Å². The first-order valence-electron chi connectivity index (χ1n) is 12.7. The topological polar surface area (TPSA) is 68.2 Å². The van der Waals surface area contributed by atoms with Gasteiger partial charge in [-0.3, -0.25) is 4.90 Å². The van der Waals surface area contributed by atoms with Crippen LogP contribution in [0.2, 0.25) is 16.6 Å². The fourth-order valence-electron chi connectivity index (χ4n) is 6.71. The molecule has 0 aromatic heterocycles. The maximum Gasteiger partial charge on any atom is 0.412 e. The summed E-state index contributed by atoms with van der Waals surface area (Å²) < 4.78 is 18.7. The van der Waals surface area contributed by atoms with E-state index >= 15 is 0 Å². The number of carbonyl (C=O) groups excluding carboxylic acids is 1. The number of piperidine rings is 1. The van der Waals surface area contributed by atoms with Gasteiger partial charge in [-0.25, -0.2) is 4.79 Å². The Labute approximate surface area is 203 Å². The molecule has 2 bridgehead atoms. The highest BCUT2D eigenvalue weighted by Crippen LogP contribution is 2.52. The molecule has 1 aliphatic heterocycles. The molecule has 0 aromatic carbocycles. The minimum Gasteiger partial charge on any atom is -0.444 e. The summed E-state index contributed by atoms with van der Waals surface area (Å²) >= 11 is 0. The average molecular weight is 484 g/mol. The molecule has 192 valence electrons. The van der Waals surface area contributed by atoms with Crippen LogP contribution in [0.1, 0.15) is 88.0 Å². The Morgan fingerprint density at radius 2 is 1.73 bits per heavy atom. The van der Waals surface area contributed by atoms with Gasteiger partial charge in [-0.1, -0.05) is 47.6 Å². The summed E-state index contributed by atoms with van der Waals surface area (Å²) in [6, 6.07) is 0. The summed E-state index contributed by atoms with van der Waals surface area (Å²) in [6.45, 7) is 23.3. The molecule has 5 atom stereocenters. The lowest BCUT2D eigenvalue weighted by Gasteiger charge is -2.60. The molecule has 0 radical (unpaired) electrons. The van der Waals surface area contributed by atoms with Crippen LogP contribution in [0.4, 0.5) is 4.79 Å². The first kappa shape index (κ1) is 28.3. The van der Waals surface area contributed by atoms with Gasteiger partial charge in [0.2, 0.25) is 8.32 Å². The van der Waals surface area contributed by atoms with E-state index in [1.54, 1.807) is 12.0 Å². The second kappa shape index (κ2) is 10.4. The summed E-state index contributed by atoms with van der Waals surface area (Å²) in [7, 11) is -0.569. The molecule has 1 amide bonds. The number of aliphatic hydroxyl groups is 1.